The number of halogens is 2. The van der Waals surface area contributed by atoms with E-state index in [0.717, 1.165) is 32.6 Å². The average molecular weight is 522 g/mol. The molecule has 0 saturated carbocycles. The standard InChI is InChI=1S/C28H25BrFNO3/c1-19-10-15-23(18-33-22-6-3-2-4-7-22)34-28(16-19)26-24(29)8-5-9-25(26)31(27(28)32)17-20-11-13-21(30)14-12-20/h2-14,23H,15-18H2,1H3/t23-,28+/m0/s1. The van der Waals surface area contributed by atoms with E-state index in [0.29, 0.717) is 26.0 Å². The molecule has 2 heterocycles. The summed E-state index contributed by atoms with van der Waals surface area (Å²) in [6.07, 6.45) is 2.96. The highest BCUT2D eigenvalue weighted by Gasteiger charge is 2.55. The van der Waals surface area contributed by atoms with Crippen LogP contribution in [0.2, 0.25) is 0 Å². The number of rotatable bonds is 5. The number of carbonyl (C=O) groups excluding carboxylic acids is 1. The van der Waals surface area contributed by atoms with Crippen LogP contribution in [-0.4, -0.2) is 18.6 Å². The number of amides is 1. The number of hydrogen-bond donors (Lipinski definition) is 0. The first kappa shape index (κ1) is 22.8. The van der Waals surface area contributed by atoms with Crippen molar-refractivity contribution in [1.82, 2.24) is 0 Å². The molecule has 0 unspecified atom stereocenters. The Morgan fingerprint density at radius 2 is 1.85 bits per heavy atom. The lowest BCUT2D eigenvalue weighted by Gasteiger charge is -2.32. The number of benzene rings is 3. The fourth-order valence-electron chi connectivity index (χ4n) is 4.75. The van der Waals surface area contributed by atoms with Crippen molar-refractivity contribution in [3.8, 4) is 5.75 Å². The Balaban J connectivity index is 1.50. The van der Waals surface area contributed by atoms with Crippen LogP contribution in [0.25, 0.3) is 0 Å². The molecule has 0 saturated heterocycles. The van der Waals surface area contributed by atoms with Gasteiger partial charge in [0.25, 0.3) is 5.91 Å². The molecule has 1 spiro atoms. The Morgan fingerprint density at radius 1 is 1.09 bits per heavy atom. The maximum atomic E-state index is 14.1. The maximum absolute atomic E-state index is 14.1. The third-order valence-corrected chi connectivity index (χ3v) is 7.00. The number of carbonyl (C=O) groups is 1. The molecule has 3 aromatic rings. The molecular formula is C28H25BrFNO3. The third-order valence-electron chi connectivity index (χ3n) is 6.33. The number of ether oxygens (including phenoxy) is 2. The molecule has 0 bridgehead atoms. The largest absolute Gasteiger partial charge is 0.491 e. The molecule has 174 valence electrons. The highest BCUT2D eigenvalue weighted by atomic mass is 79.9. The first-order chi connectivity index (χ1) is 16.5. The van der Waals surface area contributed by atoms with Crippen LogP contribution in [-0.2, 0) is 21.7 Å². The van der Waals surface area contributed by atoms with Gasteiger partial charge in [0.2, 0.25) is 0 Å². The third kappa shape index (κ3) is 4.28. The smallest absolute Gasteiger partial charge is 0.264 e. The fraction of sp³-hybridized carbons (Fsp3) is 0.250. The number of anilines is 1. The van der Waals surface area contributed by atoms with Crippen molar-refractivity contribution in [2.75, 3.05) is 11.5 Å². The van der Waals surface area contributed by atoms with Crippen LogP contribution >= 0.6 is 15.9 Å². The molecule has 6 heteroatoms. The van der Waals surface area contributed by atoms with E-state index in [-0.39, 0.29) is 17.8 Å². The van der Waals surface area contributed by atoms with E-state index in [2.05, 4.69) is 22.0 Å². The van der Waals surface area contributed by atoms with Gasteiger partial charge in [-0.05, 0) is 55.3 Å². The lowest BCUT2D eigenvalue weighted by molar-refractivity contribution is -0.154. The monoisotopic (exact) mass is 521 g/mol. The van der Waals surface area contributed by atoms with Gasteiger partial charge in [-0.25, -0.2) is 4.39 Å². The Labute approximate surface area is 207 Å². The van der Waals surface area contributed by atoms with Crippen molar-refractivity contribution in [3.63, 3.8) is 0 Å². The van der Waals surface area contributed by atoms with Crippen molar-refractivity contribution in [2.24, 2.45) is 0 Å². The van der Waals surface area contributed by atoms with Gasteiger partial charge in [0, 0.05) is 16.5 Å². The summed E-state index contributed by atoms with van der Waals surface area (Å²) in [5, 5.41) is 0. The normalized spacial score (nSPS) is 21.9. The second kappa shape index (κ2) is 9.35. The molecule has 0 radical (unpaired) electrons. The van der Waals surface area contributed by atoms with Crippen LogP contribution < -0.4 is 9.64 Å². The number of nitrogens with zero attached hydrogens (tertiary/aromatic N) is 1. The maximum Gasteiger partial charge on any atom is 0.264 e. The SMILES string of the molecule is CC1=CC[C@@H](COc2ccccc2)O[C@@]2(C1)C(=O)N(Cc1ccc(F)cc1)c1cccc(Br)c12. The van der Waals surface area contributed by atoms with E-state index in [1.165, 1.54) is 12.1 Å². The predicted molar refractivity (Wildman–Crippen MR) is 133 cm³/mol. The molecule has 0 fully saturated rings. The van der Waals surface area contributed by atoms with Crippen LogP contribution in [0.5, 0.6) is 5.75 Å². The van der Waals surface area contributed by atoms with E-state index >= 15 is 0 Å². The molecule has 3 aromatic carbocycles. The first-order valence-corrected chi connectivity index (χ1v) is 12.1. The summed E-state index contributed by atoms with van der Waals surface area (Å²) < 4.78 is 27.0. The lowest BCUT2D eigenvalue weighted by atomic mass is 9.88. The molecule has 5 rings (SSSR count). The average Bonchev–Trinajstić information content (AvgIpc) is 2.95. The van der Waals surface area contributed by atoms with Gasteiger partial charge in [0.1, 0.15) is 18.2 Å². The van der Waals surface area contributed by atoms with E-state index in [9.17, 15) is 9.18 Å². The quantitative estimate of drug-likeness (QED) is 0.358. The molecule has 2 aliphatic heterocycles. The zero-order valence-corrected chi connectivity index (χ0v) is 20.4. The lowest BCUT2D eigenvalue weighted by Crippen LogP contribution is -2.45. The molecular weight excluding hydrogens is 497 g/mol. The van der Waals surface area contributed by atoms with Crippen molar-refractivity contribution < 1.29 is 18.7 Å². The summed E-state index contributed by atoms with van der Waals surface area (Å²) in [4.78, 5) is 15.9. The minimum atomic E-state index is -1.16. The molecule has 4 nitrogen and oxygen atoms in total. The molecule has 0 aromatic heterocycles. The van der Waals surface area contributed by atoms with Gasteiger partial charge in [-0.1, -0.05) is 64.0 Å². The van der Waals surface area contributed by atoms with Crippen LogP contribution in [0.3, 0.4) is 0 Å². The van der Waals surface area contributed by atoms with Crippen LogP contribution in [0.4, 0.5) is 10.1 Å². The molecule has 34 heavy (non-hydrogen) atoms. The molecule has 0 N–H and O–H groups in total. The van der Waals surface area contributed by atoms with Crippen LogP contribution in [0.15, 0.2) is 88.9 Å². The number of fused-ring (bicyclic) bond motifs is 2. The van der Waals surface area contributed by atoms with E-state index in [1.807, 2.05) is 55.5 Å². The topological polar surface area (TPSA) is 38.8 Å². The summed E-state index contributed by atoms with van der Waals surface area (Å²) >= 11 is 3.69. The summed E-state index contributed by atoms with van der Waals surface area (Å²) in [7, 11) is 0. The summed E-state index contributed by atoms with van der Waals surface area (Å²) in [5.74, 6) is 0.352. The van der Waals surface area contributed by atoms with Gasteiger partial charge >= 0.3 is 0 Å². The summed E-state index contributed by atoms with van der Waals surface area (Å²) in [5.41, 5.74) is 2.43. The van der Waals surface area contributed by atoms with Gasteiger partial charge in [-0.15, -0.1) is 0 Å². The minimum Gasteiger partial charge on any atom is -0.491 e. The van der Waals surface area contributed by atoms with Crippen molar-refractivity contribution in [2.45, 2.75) is 38.0 Å². The second-order valence-electron chi connectivity index (χ2n) is 8.81. The Hall–Kier alpha value is -2.96. The van der Waals surface area contributed by atoms with E-state index < -0.39 is 5.60 Å². The Bertz CT molecular complexity index is 1230. The molecule has 1 amide bonds. The molecule has 2 aliphatic rings. The Morgan fingerprint density at radius 3 is 2.62 bits per heavy atom. The summed E-state index contributed by atoms with van der Waals surface area (Å²) in [6, 6.07) is 21.7. The first-order valence-electron chi connectivity index (χ1n) is 11.3. The van der Waals surface area contributed by atoms with E-state index in [4.69, 9.17) is 9.47 Å². The molecule has 2 atom stereocenters. The van der Waals surface area contributed by atoms with Crippen molar-refractivity contribution in [1.29, 1.82) is 0 Å². The highest BCUT2D eigenvalue weighted by Crippen LogP contribution is 2.51. The summed E-state index contributed by atoms with van der Waals surface area (Å²) in [6.45, 7) is 2.71. The van der Waals surface area contributed by atoms with Gasteiger partial charge < -0.3 is 14.4 Å². The fourth-order valence-corrected chi connectivity index (χ4v) is 5.43. The van der Waals surface area contributed by atoms with Gasteiger partial charge in [-0.2, -0.15) is 0 Å². The molecule has 0 aliphatic carbocycles. The van der Waals surface area contributed by atoms with Crippen molar-refractivity contribution >= 4 is 27.5 Å². The second-order valence-corrected chi connectivity index (χ2v) is 9.66. The van der Waals surface area contributed by atoms with Crippen LogP contribution in [0.1, 0.15) is 30.9 Å². The number of hydrogen-bond acceptors (Lipinski definition) is 3. The zero-order chi connectivity index (χ0) is 23.7. The minimum absolute atomic E-state index is 0.113. The highest BCUT2D eigenvalue weighted by molar-refractivity contribution is 9.10. The van der Waals surface area contributed by atoms with E-state index in [1.54, 1.807) is 17.0 Å². The Kier molecular flexibility index (Phi) is 6.28. The number of para-hydroxylation sites is 1. The zero-order valence-electron chi connectivity index (χ0n) is 18.8. The van der Waals surface area contributed by atoms with Gasteiger partial charge in [0.15, 0.2) is 5.60 Å². The van der Waals surface area contributed by atoms with Gasteiger partial charge in [-0.3, -0.25) is 4.79 Å². The van der Waals surface area contributed by atoms with Gasteiger partial charge in [0.05, 0.1) is 18.3 Å². The van der Waals surface area contributed by atoms with Crippen LogP contribution in [0, 0.1) is 5.82 Å². The predicted octanol–water partition coefficient (Wildman–Crippen LogP) is 6.53. The van der Waals surface area contributed by atoms with Crippen molar-refractivity contribution in [3.05, 3.63) is 106 Å².